The molecular weight excluding hydrogens is 276 g/mol. The number of carbonyl (C=O) groups is 1. The SMILES string of the molecule is O=C(Nc1ccc(Cl)cc1C#CCO)c1ccncc1. The largest absolute Gasteiger partial charge is 0.384 e. The molecule has 1 amide bonds. The quantitative estimate of drug-likeness (QED) is 0.833. The second kappa shape index (κ2) is 6.71. The number of pyridine rings is 1. The molecule has 0 aliphatic rings. The number of halogens is 1. The first-order valence-electron chi connectivity index (χ1n) is 5.81. The number of rotatable bonds is 2. The monoisotopic (exact) mass is 286 g/mol. The van der Waals surface area contributed by atoms with Crippen LogP contribution in [0, 0.1) is 11.8 Å². The second-order valence-corrected chi connectivity index (χ2v) is 4.28. The van der Waals surface area contributed by atoms with E-state index in [2.05, 4.69) is 22.1 Å². The standard InChI is InChI=1S/C15H11ClN2O2/c16-13-3-4-14(12(10-13)2-1-9-19)18-15(20)11-5-7-17-8-6-11/h3-8,10,19H,9H2,(H,18,20). The molecule has 1 aromatic carbocycles. The molecule has 0 aliphatic carbocycles. The van der Waals surface area contributed by atoms with E-state index in [1.54, 1.807) is 42.7 Å². The molecule has 0 unspecified atom stereocenters. The van der Waals surface area contributed by atoms with Crippen molar-refractivity contribution in [1.29, 1.82) is 0 Å². The highest BCUT2D eigenvalue weighted by atomic mass is 35.5. The maximum atomic E-state index is 12.1. The molecule has 100 valence electrons. The molecule has 2 N–H and O–H groups in total. The average Bonchev–Trinajstić information content (AvgIpc) is 2.48. The van der Waals surface area contributed by atoms with Crippen LogP contribution in [0.2, 0.25) is 5.02 Å². The van der Waals surface area contributed by atoms with Crippen LogP contribution in [0.5, 0.6) is 0 Å². The zero-order valence-corrected chi connectivity index (χ0v) is 11.2. The summed E-state index contributed by atoms with van der Waals surface area (Å²) in [5.41, 5.74) is 1.59. The van der Waals surface area contributed by atoms with Crippen LogP contribution in [-0.4, -0.2) is 22.6 Å². The molecule has 5 heteroatoms. The number of anilines is 1. The molecule has 0 atom stereocenters. The van der Waals surface area contributed by atoms with Crippen molar-refractivity contribution in [2.45, 2.75) is 0 Å². The molecule has 20 heavy (non-hydrogen) atoms. The van der Waals surface area contributed by atoms with E-state index < -0.39 is 0 Å². The van der Waals surface area contributed by atoms with E-state index in [1.165, 1.54) is 0 Å². The number of aliphatic hydroxyl groups is 1. The Morgan fingerprint density at radius 3 is 2.75 bits per heavy atom. The van der Waals surface area contributed by atoms with Gasteiger partial charge in [0, 0.05) is 28.5 Å². The van der Waals surface area contributed by atoms with Crippen molar-refractivity contribution < 1.29 is 9.90 Å². The number of hydrogen-bond donors (Lipinski definition) is 2. The first-order chi connectivity index (χ1) is 9.70. The summed E-state index contributed by atoms with van der Waals surface area (Å²) >= 11 is 5.90. The number of benzene rings is 1. The van der Waals surface area contributed by atoms with Crippen LogP contribution in [0.3, 0.4) is 0 Å². The minimum Gasteiger partial charge on any atom is -0.384 e. The van der Waals surface area contributed by atoms with Gasteiger partial charge in [-0.05, 0) is 30.3 Å². The number of nitrogens with zero attached hydrogens (tertiary/aromatic N) is 1. The lowest BCUT2D eigenvalue weighted by Gasteiger charge is -2.08. The van der Waals surface area contributed by atoms with E-state index in [-0.39, 0.29) is 12.5 Å². The van der Waals surface area contributed by atoms with Crippen LogP contribution < -0.4 is 5.32 Å². The van der Waals surface area contributed by atoms with Gasteiger partial charge in [0.25, 0.3) is 5.91 Å². The fourth-order valence-electron chi connectivity index (χ4n) is 1.56. The van der Waals surface area contributed by atoms with Crippen molar-refractivity contribution in [3.8, 4) is 11.8 Å². The lowest BCUT2D eigenvalue weighted by molar-refractivity contribution is 0.102. The van der Waals surface area contributed by atoms with E-state index >= 15 is 0 Å². The minimum atomic E-state index is -0.262. The van der Waals surface area contributed by atoms with Crippen LogP contribution >= 0.6 is 11.6 Å². The normalized spacial score (nSPS) is 9.50. The van der Waals surface area contributed by atoms with Crippen LogP contribution in [0.15, 0.2) is 42.7 Å². The Hall–Kier alpha value is -2.35. The number of aromatic nitrogens is 1. The Labute approximate surface area is 121 Å². The van der Waals surface area contributed by atoms with Crippen molar-refractivity contribution >= 4 is 23.2 Å². The Morgan fingerprint density at radius 2 is 2.05 bits per heavy atom. The van der Waals surface area contributed by atoms with Gasteiger partial charge in [0.15, 0.2) is 0 Å². The molecule has 0 bridgehead atoms. The van der Waals surface area contributed by atoms with E-state index in [4.69, 9.17) is 16.7 Å². The maximum absolute atomic E-state index is 12.1. The molecule has 0 saturated heterocycles. The molecule has 0 spiro atoms. The van der Waals surface area contributed by atoms with Gasteiger partial charge in [0.2, 0.25) is 0 Å². The first kappa shape index (κ1) is 14.1. The third-order valence-electron chi connectivity index (χ3n) is 2.47. The fraction of sp³-hybridized carbons (Fsp3) is 0.0667. The van der Waals surface area contributed by atoms with Gasteiger partial charge in [-0.1, -0.05) is 23.4 Å². The topological polar surface area (TPSA) is 62.2 Å². The van der Waals surface area contributed by atoms with E-state index in [0.717, 1.165) is 0 Å². The van der Waals surface area contributed by atoms with Gasteiger partial charge in [-0.15, -0.1) is 0 Å². The third-order valence-corrected chi connectivity index (χ3v) is 2.71. The Kier molecular flexibility index (Phi) is 4.72. The average molecular weight is 287 g/mol. The number of amides is 1. The van der Waals surface area contributed by atoms with Crippen molar-refractivity contribution in [1.82, 2.24) is 4.98 Å². The highest BCUT2D eigenvalue weighted by Gasteiger charge is 2.08. The predicted molar refractivity (Wildman–Crippen MR) is 77.6 cm³/mol. The summed E-state index contributed by atoms with van der Waals surface area (Å²) in [6.07, 6.45) is 3.09. The van der Waals surface area contributed by atoms with Crippen molar-refractivity contribution in [2.75, 3.05) is 11.9 Å². The number of nitrogens with one attached hydrogen (secondary N) is 1. The molecule has 1 heterocycles. The van der Waals surface area contributed by atoms with Crippen LogP contribution in [-0.2, 0) is 0 Å². The predicted octanol–water partition coefficient (Wildman–Crippen LogP) is 2.33. The molecule has 0 aliphatic heterocycles. The van der Waals surface area contributed by atoms with Gasteiger partial charge in [0.05, 0.1) is 5.69 Å². The summed E-state index contributed by atoms with van der Waals surface area (Å²) in [6.45, 7) is -0.260. The Bertz CT molecular complexity index is 675. The van der Waals surface area contributed by atoms with Gasteiger partial charge < -0.3 is 10.4 Å². The first-order valence-corrected chi connectivity index (χ1v) is 6.19. The van der Waals surface area contributed by atoms with Gasteiger partial charge in [-0.25, -0.2) is 0 Å². The lowest BCUT2D eigenvalue weighted by atomic mass is 10.1. The summed E-state index contributed by atoms with van der Waals surface area (Å²) in [7, 11) is 0. The van der Waals surface area contributed by atoms with Gasteiger partial charge >= 0.3 is 0 Å². The fourth-order valence-corrected chi connectivity index (χ4v) is 1.73. The summed E-state index contributed by atoms with van der Waals surface area (Å²) < 4.78 is 0. The summed E-state index contributed by atoms with van der Waals surface area (Å²) in [6, 6.07) is 8.19. The Balaban J connectivity index is 2.27. The Morgan fingerprint density at radius 1 is 1.30 bits per heavy atom. The minimum absolute atomic E-state index is 0.260. The molecule has 2 rings (SSSR count). The van der Waals surface area contributed by atoms with Crippen molar-refractivity contribution in [2.24, 2.45) is 0 Å². The summed E-state index contributed by atoms with van der Waals surface area (Å²) in [4.78, 5) is 15.9. The maximum Gasteiger partial charge on any atom is 0.255 e. The molecular formula is C15H11ClN2O2. The molecule has 0 fully saturated rings. The highest BCUT2D eigenvalue weighted by Crippen LogP contribution is 2.20. The number of hydrogen-bond acceptors (Lipinski definition) is 3. The van der Waals surface area contributed by atoms with E-state index in [0.29, 0.717) is 21.8 Å². The van der Waals surface area contributed by atoms with E-state index in [1.807, 2.05) is 0 Å². The van der Waals surface area contributed by atoms with Gasteiger partial charge in [0.1, 0.15) is 6.61 Å². The summed E-state index contributed by atoms with van der Waals surface area (Å²) in [5.74, 6) is 5.02. The number of carbonyl (C=O) groups excluding carboxylic acids is 1. The third kappa shape index (κ3) is 3.58. The molecule has 0 radical (unpaired) electrons. The van der Waals surface area contributed by atoms with Crippen molar-refractivity contribution in [3.63, 3.8) is 0 Å². The van der Waals surface area contributed by atoms with Crippen molar-refractivity contribution in [3.05, 3.63) is 58.9 Å². The van der Waals surface area contributed by atoms with E-state index in [9.17, 15) is 4.79 Å². The zero-order valence-electron chi connectivity index (χ0n) is 10.4. The van der Waals surface area contributed by atoms with Gasteiger partial charge in [-0.2, -0.15) is 0 Å². The zero-order chi connectivity index (χ0) is 14.4. The molecule has 1 aromatic heterocycles. The second-order valence-electron chi connectivity index (χ2n) is 3.84. The van der Waals surface area contributed by atoms with Gasteiger partial charge in [-0.3, -0.25) is 9.78 Å². The number of aliphatic hydroxyl groups excluding tert-OH is 1. The lowest BCUT2D eigenvalue weighted by Crippen LogP contribution is -2.12. The smallest absolute Gasteiger partial charge is 0.255 e. The van der Waals surface area contributed by atoms with Crippen LogP contribution in [0.1, 0.15) is 15.9 Å². The van der Waals surface area contributed by atoms with Crippen LogP contribution in [0.4, 0.5) is 5.69 Å². The summed E-state index contributed by atoms with van der Waals surface area (Å²) in [5, 5.41) is 12.0. The van der Waals surface area contributed by atoms with Crippen LogP contribution in [0.25, 0.3) is 0 Å². The molecule has 4 nitrogen and oxygen atoms in total. The molecule has 0 saturated carbocycles. The highest BCUT2D eigenvalue weighted by molar-refractivity contribution is 6.30. The molecule has 2 aromatic rings.